The second kappa shape index (κ2) is 8.14. The number of hydrogen-bond acceptors (Lipinski definition) is 6. The molecule has 0 aliphatic carbocycles. The smallest absolute Gasteiger partial charge is 0.203 e. The van der Waals surface area contributed by atoms with Crippen LogP contribution in [0.2, 0.25) is 0 Å². The zero-order chi connectivity index (χ0) is 19.6. The van der Waals surface area contributed by atoms with Gasteiger partial charge in [0, 0.05) is 38.6 Å². The van der Waals surface area contributed by atoms with Crippen molar-refractivity contribution < 1.29 is 4.74 Å². The van der Waals surface area contributed by atoms with Gasteiger partial charge in [-0.1, -0.05) is 0 Å². The van der Waals surface area contributed by atoms with Crippen molar-refractivity contribution in [3.8, 4) is 0 Å². The summed E-state index contributed by atoms with van der Waals surface area (Å²) in [6.45, 7) is 5.73. The van der Waals surface area contributed by atoms with Crippen LogP contribution in [0.25, 0.3) is 5.65 Å². The van der Waals surface area contributed by atoms with Crippen molar-refractivity contribution in [2.75, 3.05) is 31.1 Å². The zero-order valence-corrected chi connectivity index (χ0v) is 17.0. The van der Waals surface area contributed by atoms with Gasteiger partial charge in [-0.05, 0) is 44.9 Å². The Morgan fingerprint density at radius 1 is 1.34 bits per heavy atom. The minimum Gasteiger partial charge on any atom is -0.373 e. The number of aliphatic imine (C=N–C) groups is 1. The fourth-order valence-corrected chi connectivity index (χ4v) is 4.88. The summed E-state index contributed by atoms with van der Waals surface area (Å²) in [7, 11) is 0. The molecule has 0 aromatic carbocycles. The predicted molar refractivity (Wildman–Crippen MR) is 111 cm³/mol. The minimum absolute atomic E-state index is 0.351. The topological polar surface area (TPSA) is 92.0 Å². The van der Waals surface area contributed by atoms with Crippen LogP contribution in [-0.4, -0.2) is 70.0 Å². The number of aromatic nitrogens is 4. The van der Waals surface area contributed by atoms with E-state index in [2.05, 4.69) is 37.6 Å². The third-order valence-electron chi connectivity index (χ3n) is 6.30. The van der Waals surface area contributed by atoms with Crippen LogP contribution in [0, 0.1) is 5.92 Å². The van der Waals surface area contributed by atoms with Gasteiger partial charge in [0.15, 0.2) is 11.8 Å². The first kappa shape index (κ1) is 18.6. The molecule has 156 valence electrons. The molecule has 3 fully saturated rings. The molecule has 4 atom stereocenters. The molecular weight excluding hydrogens is 368 g/mol. The van der Waals surface area contributed by atoms with E-state index in [1.165, 1.54) is 19.3 Å². The Hall–Kier alpha value is -2.42. The SMILES string of the molecule is CCNC(=NCC1CCCN(c2nccn3cnnc23)C1)NC1CC2CCC1O2. The van der Waals surface area contributed by atoms with Crippen LogP contribution < -0.4 is 15.5 Å². The number of guanidine groups is 1. The number of nitrogens with zero attached hydrogens (tertiary/aromatic N) is 6. The molecule has 9 nitrogen and oxygen atoms in total. The predicted octanol–water partition coefficient (Wildman–Crippen LogP) is 1.22. The van der Waals surface area contributed by atoms with Crippen LogP contribution in [-0.2, 0) is 4.74 Å². The molecule has 29 heavy (non-hydrogen) atoms. The quantitative estimate of drug-likeness (QED) is 0.578. The lowest BCUT2D eigenvalue weighted by Crippen LogP contribution is -2.47. The van der Waals surface area contributed by atoms with Gasteiger partial charge in [0.2, 0.25) is 5.65 Å². The number of rotatable bonds is 5. The highest BCUT2D eigenvalue weighted by atomic mass is 16.5. The minimum atomic E-state index is 0.351. The summed E-state index contributed by atoms with van der Waals surface area (Å²) in [5.74, 6) is 2.34. The molecule has 0 radical (unpaired) electrons. The number of anilines is 1. The van der Waals surface area contributed by atoms with Crippen LogP contribution in [0.1, 0.15) is 39.0 Å². The van der Waals surface area contributed by atoms with E-state index in [0.717, 1.165) is 56.4 Å². The Bertz CT molecular complexity index is 867. The molecule has 3 aliphatic rings. The molecule has 0 saturated carbocycles. The van der Waals surface area contributed by atoms with Gasteiger partial charge in [-0.15, -0.1) is 10.2 Å². The third kappa shape index (κ3) is 3.88. The lowest BCUT2D eigenvalue weighted by molar-refractivity contribution is 0.0992. The normalized spacial score (nSPS) is 29.6. The lowest BCUT2D eigenvalue weighted by atomic mass is 9.95. The van der Waals surface area contributed by atoms with Crippen LogP contribution in [0.4, 0.5) is 5.82 Å². The second-order valence-corrected chi connectivity index (χ2v) is 8.35. The van der Waals surface area contributed by atoms with Gasteiger partial charge in [-0.3, -0.25) is 9.39 Å². The van der Waals surface area contributed by atoms with E-state index in [0.29, 0.717) is 24.2 Å². The fraction of sp³-hybridized carbons (Fsp3) is 0.700. The van der Waals surface area contributed by atoms with E-state index in [1.807, 2.05) is 16.8 Å². The van der Waals surface area contributed by atoms with Gasteiger partial charge in [0.05, 0.1) is 18.2 Å². The van der Waals surface area contributed by atoms with Crippen molar-refractivity contribution in [3.05, 3.63) is 18.7 Å². The molecule has 0 spiro atoms. The maximum atomic E-state index is 5.98. The zero-order valence-electron chi connectivity index (χ0n) is 17.0. The first-order valence-electron chi connectivity index (χ1n) is 10.9. The van der Waals surface area contributed by atoms with Crippen molar-refractivity contribution in [3.63, 3.8) is 0 Å². The summed E-state index contributed by atoms with van der Waals surface area (Å²) in [4.78, 5) is 11.8. The van der Waals surface area contributed by atoms with Crippen molar-refractivity contribution in [2.45, 2.75) is 57.3 Å². The number of hydrogen-bond donors (Lipinski definition) is 2. The molecule has 3 saturated heterocycles. The van der Waals surface area contributed by atoms with E-state index in [4.69, 9.17) is 9.73 Å². The van der Waals surface area contributed by atoms with E-state index in [-0.39, 0.29) is 0 Å². The molecule has 4 unspecified atom stereocenters. The highest BCUT2D eigenvalue weighted by Crippen LogP contribution is 2.34. The van der Waals surface area contributed by atoms with Crippen LogP contribution in [0.5, 0.6) is 0 Å². The van der Waals surface area contributed by atoms with Crippen LogP contribution >= 0.6 is 0 Å². The molecule has 0 amide bonds. The summed E-state index contributed by atoms with van der Waals surface area (Å²) in [5.41, 5.74) is 0.822. The Kier molecular flexibility index (Phi) is 5.22. The monoisotopic (exact) mass is 398 g/mol. The first-order chi connectivity index (χ1) is 14.3. The van der Waals surface area contributed by atoms with Gasteiger partial charge >= 0.3 is 0 Å². The van der Waals surface area contributed by atoms with Gasteiger partial charge in [0.1, 0.15) is 6.33 Å². The van der Waals surface area contributed by atoms with E-state index < -0.39 is 0 Å². The van der Waals surface area contributed by atoms with Gasteiger partial charge < -0.3 is 20.3 Å². The van der Waals surface area contributed by atoms with E-state index >= 15 is 0 Å². The molecule has 9 heteroatoms. The van der Waals surface area contributed by atoms with Crippen LogP contribution in [0.15, 0.2) is 23.7 Å². The standard InChI is InChI=1S/C20H30N8O/c1-2-21-20(25-16-10-15-5-6-17(16)29-15)23-11-14-4-3-8-27(12-14)18-19-26-24-13-28(19)9-7-22-18/h7,9,13-17H,2-6,8,10-12H2,1H3,(H2,21,23,25). The molecular formula is C20H30N8O. The van der Waals surface area contributed by atoms with E-state index in [1.54, 1.807) is 6.33 Å². The summed E-state index contributed by atoms with van der Waals surface area (Å²) in [5, 5.41) is 15.3. The highest BCUT2D eigenvalue weighted by Gasteiger charge is 2.41. The maximum absolute atomic E-state index is 5.98. The fourth-order valence-electron chi connectivity index (χ4n) is 4.88. The Morgan fingerprint density at radius 2 is 2.31 bits per heavy atom. The molecule has 5 heterocycles. The van der Waals surface area contributed by atoms with Crippen LogP contribution in [0.3, 0.4) is 0 Å². The second-order valence-electron chi connectivity index (χ2n) is 8.35. The van der Waals surface area contributed by atoms with Gasteiger partial charge in [-0.2, -0.15) is 0 Å². The van der Waals surface area contributed by atoms with Crippen molar-refractivity contribution in [1.82, 2.24) is 30.2 Å². The highest BCUT2D eigenvalue weighted by molar-refractivity contribution is 5.80. The first-order valence-corrected chi connectivity index (χ1v) is 10.9. The lowest BCUT2D eigenvalue weighted by Gasteiger charge is -2.33. The van der Waals surface area contributed by atoms with Gasteiger partial charge in [0.25, 0.3) is 0 Å². The summed E-state index contributed by atoms with van der Waals surface area (Å²) in [6, 6.07) is 0.393. The summed E-state index contributed by atoms with van der Waals surface area (Å²) in [6.07, 6.45) is 12.0. The summed E-state index contributed by atoms with van der Waals surface area (Å²) < 4.78 is 7.90. The van der Waals surface area contributed by atoms with Gasteiger partial charge in [-0.25, -0.2) is 4.98 Å². The molecule has 2 N–H and O–H groups in total. The third-order valence-corrected chi connectivity index (χ3v) is 6.30. The van der Waals surface area contributed by atoms with Crippen molar-refractivity contribution in [1.29, 1.82) is 0 Å². The molecule has 2 bridgehead atoms. The average Bonchev–Trinajstić information content (AvgIpc) is 3.49. The molecule has 5 rings (SSSR count). The summed E-state index contributed by atoms with van der Waals surface area (Å²) >= 11 is 0. The van der Waals surface area contributed by atoms with E-state index in [9.17, 15) is 0 Å². The molecule has 2 aromatic heterocycles. The maximum Gasteiger partial charge on any atom is 0.203 e. The molecule has 3 aliphatic heterocycles. The van der Waals surface area contributed by atoms with Crippen molar-refractivity contribution in [2.24, 2.45) is 10.9 Å². The Balaban J connectivity index is 1.23. The largest absolute Gasteiger partial charge is 0.373 e. The number of fused-ring (bicyclic) bond motifs is 3. The number of piperidine rings is 1. The molecule has 2 aromatic rings. The Morgan fingerprint density at radius 3 is 3.14 bits per heavy atom. The number of nitrogens with one attached hydrogen (secondary N) is 2. The Labute approximate surface area is 171 Å². The average molecular weight is 399 g/mol. The van der Waals surface area contributed by atoms with Crippen molar-refractivity contribution >= 4 is 17.4 Å². The number of ether oxygens (including phenoxy) is 1.